The molecule has 0 spiro atoms. The number of rotatable bonds is 11. The van der Waals surface area contributed by atoms with Crippen molar-refractivity contribution in [3.63, 3.8) is 0 Å². The minimum Gasteiger partial charge on any atom is -0.333 e. The second-order valence-corrected chi connectivity index (χ2v) is 9.96. The average Bonchev–Trinajstić information content (AvgIpc) is 3.56. The molecule has 1 aliphatic rings. The Morgan fingerprint density at radius 1 is 1.08 bits per heavy atom. The molecule has 1 N–H and O–H groups in total. The number of para-hydroxylation sites is 1. The van der Waals surface area contributed by atoms with Gasteiger partial charge in [0.25, 0.3) is 0 Å². The molecule has 6 nitrogen and oxygen atoms in total. The van der Waals surface area contributed by atoms with Gasteiger partial charge in [0.05, 0.1) is 22.9 Å². The lowest BCUT2D eigenvalue weighted by Crippen LogP contribution is -2.39. The van der Waals surface area contributed by atoms with Crippen LogP contribution in [0.15, 0.2) is 60.7 Å². The first kappa shape index (κ1) is 26.0. The van der Waals surface area contributed by atoms with Crippen LogP contribution in [0.2, 0.25) is 5.02 Å². The molecule has 3 aromatic rings. The molecule has 2 amide bonds. The third-order valence-corrected chi connectivity index (χ3v) is 7.16. The van der Waals surface area contributed by atoms with E-state index in [1.165, 1.54) is 25.7 Å². The van der Waals surface area contributed by atoms with Crippen LogP contribution in [0.25, 0.3) is 16.9 Å². The minimum atomic E-state index is -0.242. The third kappa shape index (κ3) is 6.76. The van der Waals surface area contributed by atoms with Crippen LogP contribution >= 0.6 is 11.6 Å². The van der Waals surface area contributed by atoms with Crippen LogP contribution in [0.3, 0.4) is 0 Å². The Labute approximate surface area is 218 Å². The van der Waals surface area contributed by atoms with Gasteiger partial charge in [-0.2, -0.15) is 5.10 Å². The lowest BCUT2D eigenvalue weighted by Gasteiger charge is -2.23. The van der Waals surface area contributed by atoms with Crippen LogP contribution in [0.4, 0.5) is 5.82 Å². The molecule has 190 valence electrons. The predicted molar refractivity (Wildman–Crippen MR) is 145 cm³/mol. The van der Waals surface area contributed by atoms with Gasteiger partial charge in [-0.3, -0.25) is 9.59 Å². The molecule has 1 aliphatic carbocycles. The van der Waals surface area contributed by atoms with Gasteiger partial charge in [-0.1, -0.05) is 93.1 Å². The summed E-state index contributed by atoms with van der Waals surface area (Å²) in [7, 11) is 0. The van der Waals surface area contributed by atoms with Crippen molar-refractivity contribution in [2.45, 2.75) is 58.3 Å². The minimum absolute atomic E-state index is 0.0257. The molecule has 7 heteroatoms. The number of carbonyl (C=O) groups excluding carboxylic acids is 2. The van der Waals surface area contributed by atoms with E-state index in [9.17, 15) is 9.59 Å². The first-order chi connectivity index (χ1) is 17.5. The van der Waals surface area contributed by atoms with Crippen LogP contribution in [-0.2, 0) is 9.59 Å². The molecule has 4 rings (SSSR count). The Hall–Kier alpha value is -3.12. The van der Waals surface area contributed by atoms with Crippen molar-refractivity contribution in [1.29, 1.82) is 0 Å². The Bertz CT molecular complexity index is 1160. The van der Waals surface area contributed by atoms with Crippen molar-refractivity contribution < 1.29 is 9.59 Å². The zero-order valence-electron chi connectivity index (χ0n) is 21.0. The quantitative estimate of drug-likeness (QED) is 0.313. The van der Waals surface area contributed by atoms with Gasteiger partial charge in [-0.05, 0) is 30.9 Å². The number of benzene rings is 2. The van der Waals surface area contributed by atoms with Crippen LogP contribution in [0, 0.1) is 5.92 Å². The summed E-state index contributed by atoms with van der Waals surface area (Å²) >= 11 is 6.47. The van der Waals surface area contributed by atoms with Crippen LogP contribution in [-0.4, -0.2) is 39.6 Å². The third-order valence-electron chi connectivity index (χ3n) is 6.84. The van der Waals surface area contributed by atoms with Crippen molar-refractivity contribution in [2.75, 3.05) is 18.4 Å². The van der Waals surface area contributed by atoms with Gasteiger partial charge in [0.15, 0.2) is 0 Å². The van der Waals surface area contributed by atoms with Crippen LogP contribution < -0.4 is 5.32 Å². The summed E-state index contributed by atoms with van der Waals surface area (Å²) in [5, 5.41) is 8.26. The van der Waals surface area contributed by atoms with E-state index in [4.69, 9.17) is 16.7 Å². The summed E-state index contributed by atoms with van der Waals surface area (Å²) in [6, 6.07) is 19.0. The molecule has 2 aromatic carbocycles. The smallest absolute Gasteiger partial charge is 0.245 e. The molecule has 0 saturated heterocycles. The largest absolute Gasteiger partial charge is 0.333 e. The van der Waals surface area contributed by atoms with Gasteiger partial charge in [0.1, 0.15) is 5.82 Å². The highest BCUT2D eigenvalue weighted by Crippen LogP contribution is 2.29. The zero-order chi connectivity index (χ0) is 25.3. The summed E-state index contributed by atoms with van der Waals surface area (Å²) in [5.74, 6) is 0.987. The zero-order valence-corrected chi connectivity index (χ0v) is 21.7. The fourth-order valence-electron chi connectivity index (χ4n) is 4.81. The van der Waals surface area contributed by atoms with Crippen molar-refractivity contribution in [2.24, 2.45) is 5.92 Å². The number of anilines is 1. The summed E-state index contributed by atoms with van der Waals surface area (Å²) in [4.78, 5) is 27.9. The molecule has 0 bridgehead atoms. The van der Waals surface area contributed by atoms with Gasteiger partial charge in [0.2, 0.25) is 11.8 Å². The molecule has 0 radical (unpaired) electrons. The van der Waals surface area contributed by atoms with Gasteiger partial charge in [-0.25, -0.2) is 4.68 Å². The Morgan fingerprint density at radius 3 is 2.53 bits per heavy atom. The number of unbranched alkanes of at least 4 members (excludes halogenated alkanes) is 1. The molecule has 1 aromatic heterocycles. The van der Waals surface area contributed by atoms with E-state index in [1.54, 1.807) is 15.6 Å². The van der Waals surface area contributed by atoms with E-state index in [0.717, 1.165) is 30.5 Å². The van der Waals surface area contributed by atoms with E-state index >= 15 is 0 Å². The van der Waals surface area contributed by atoms with E-state index < -0.39 is 0 Å². The Balaban J connectivity index is 1.51. The Kier molecular flexibility index (Phi) is 9.17. The molecule has 36 heavy (non-hydrogen) atoms. The first-order valence-electron chi connectivity index (χ1n) is 13.0. The maximum Gasteiger partial charge on any atom is 0.245 e. The molecule has 0 aliphatic heterocycles. The Morgan fingerprint density at radius 2 is 1.81 bits per heavy atom. The molecule has 1 heterocycles. The topological polar surface area (TPSA) is 67.2 Å². The van der Waals surface area contributed by atoms with Crippen molar-refractivity contribution in [1.82, 2.24) is 14.7 Å². The number of halogens is 1. The molecule has 1 saturated carbocycles. The molecule has 0 atom stereocenters. The number of aromatic nitrogens is 2. The van der Waals surface area contributed by atoms with E-state index in [1.807, 2.05) is 54.6 Å². The second kappa shape index (κ2) is 12.7. The number of nitrogens with one attached hydrogen (secondary N) is 1. The van der Waals surface area contributed by atoms with Gasteiger partial charge >= 0.3 is 0 Å². The summed E-state index contributed by atoms with van der Waals surface area (Å²) < 4.78 is 1.65. The lowest BCUT2D eigenvalue weighted by atomic mass is 10.0. The summed E-state index contributed by atoms with van der Waals surface area (Å²) in [6.07, 6.45) is 8.25. The SMILES string of the molecule is CCCCN(CC(=O)Nc1cc(-c2ccccc2)nn1-c1ccccc1Cl)C(=O)CCC1CCCC1. The highest BCUT2D eigenvalue weighted by molar-refractivity contribution is 6.32. The van der Waals surface area contributed by atoms with E-state index in [-0.39, 0.29) is 18.4 Å². The van der Waals surface area contributed by atoms with Gasteiger partial charge < -0.3 is 10.2 Å². The highest BCUT2D eigenvalue weighted by Gasteiger charge is 2.22. The molecular weight excluding hydrogens is 472 g/mol. The normalized spacial score (nSPS) is 13.6. The fraction of sp³-hybridized carbons (Fsp3) is 0.414. The first-order valence-corrected chi connectivity index (χ1v) is 13.4. The monoisotopic (exact) mass is 506 g/mol. The van der Waals surface area contributed by atoms with Gasteiger partial charge in [-0.15, -0.1) is 0 Å². The number of nitrogens with zero attached hydrogens (tertiary/aromatic N) is 3. The van der Waals surface area contributed by atoms with E-state index in [2.05, 4.69) is 12.2 Å². The average molecular weight is 507 g/mol. The highest BCUT2D eigenvalue weighted by atomic mass is 35.5. The molecular formula is C29H35ClN4O2. The van der Waals surface area contributed by atoms with Crippen molar-refractivity contribution >= 4 is 29.2 Å². The number of carbonyl (C=O) groups is 2. The number of hydrogen-bond donors (Lipinski definition) is 1. The van der Waals surface area contributed by atoms with Crippen molar-refractivity contribution in [3.05, 3.63) is 65.7 Å². The maximum atomic E-state index is 13.2. The fourth-order valence-corrected chi connectivity index (χ4v) is 5.02. The second-order valence-electron chi connectivity index (χ2n) is 9.55. The molecule has 0 unspecified atom stereocenters. The number of amides is 2. The van der Waals surface area contributed by atoms with Crippen LogP contribution in [0.1, 0.15) is 58.3 Å². The standard InChI is InChI=1S/C29H35ClN4O2/c1-2-3-19-33(29(36)18-17-22-11-7-8-12-22)21-28(35)31-27-20-25(23-13-5-4-6-14-23)32-34(27)26-16-10-9-15-24(26)30/h4-6,9-10,13-16,20,22H,2-3,7-8,11-12,17-19,21H2,1H3,(H,31,35). The number of hydrogen-bond acceptors (Lipinski definition) is 3. The van der Waals surface area contributed by atoms with Crippen LogP contribution in [0.5, 0.6) is 0 Å². The molecule has 1 fully saturated rings. The summed E-state index contributed by atoms with van der Waals surface area (Å²) in [5.41, 5.74) is 2.33. The maximum absolute atomic E-state index is 13.2. The predicted octanol–water partition coefficient (Wildman–Crippen LogP) is 6.73. The van der Waals surface area contributed by atoms with E-state index in [0.29, 0.717) is 35.4 Å². The van der Waals surface area contributed by atoms with Gasteiger partial charge in [0, 0.05) is 24.6 Å². The van der Waals surface area contributed by atoms with Crippen molar-refractivity contribution in [3.8, 4) is 16.9 Å². The lowest BCUT2D eigenvalue weighted by molar-refractivity contribution is -0.135. The summed E-state index contributed by atoms with van der Waals surface area (Å²) in [6.45, 7) is 2.71.